The van der Waals surface area contributed by atoms with Crippen LogP contribution in [0.3, 0.4) is 0 Å². The zero-order chi connectivity index (χ0) is 19.0. The van der Waals surface area contributed by atoms with Gasteiger partial charge in [-0.15, -0.1) is 0 Å². The van der Waals surface area contributed by atoms with E-state index in [2.05, 4.69) is 43.7 Å². The fourth-order valence-corrected chi connectivity index (χ4v) is 4.26. The second-order valence-electron chi connectivity index (χ2n) is 7.49. The molecule has 0 amide bonds. The number of rotatable bonds is 4. The molecule has 3 aromatic rings. The number of aromatic nitrogens is 4. The molecule has 6 heteroatoms. The molecule has 0 N–H and O–H groups in total. The van der Waals surface area contributed by atoms with Gasteiger partial charge in [0.1, 0.15) is 22.9 Å². The smallest absolute Gasteiger partial charge is 0.147 e. The zero-order valence-corrected chi connectivity index (χ0v) is 16.6. The number of piperidine rings is 1. The minimum Gasteiger partial charge on any atom is -0.494 e. The van der Waals surface area contributed by atoms with Crippen LogP contribution in [0, 0.1) is 26.7 Å². The van der Waals surface area contributed by atoms with E-state index >= 15 is 0 Å². The first kappa shape index (κ1) is 17.8. The van der Waals surface area contributed by atoms with E-state index < -0.39 is 0 Å². The van der Waals surface area contributed by atoms with Crippen LogP contribution in [0.4, 0.5) is 5.69 Å². The summed E-state index contributed by atoms with van der Waals surface area (Å²) in [5, 5.41) is 5.72. The Bertz CT molecular complexity index is 965. The van der Waals surface area contributed by atoms with Gasteiger partial charge in [-0.3, -0.25) is 4.98 Å². The van der Waals surface area contributed by atoms with Crippen molar-refractivity contribution in [3.63, 3.8) is 0 Å². The maximum absolute atomic E-state index is 5.53. The van der Waals surface area contributed by atoms with Crippen molar-refractivity contribution in [3.05, 3.63) is 41.6 Å². The van der Waals surface area contributed by atoms with Gasteiger partial charge >= 0.3 is 0 Å². The van der Waals surface area contributed by atoms with Crippen LogP contribution in [-0.4, -0.2) is 39.9 Å². The summed E-state index contributed by atoms with van der Waals surface area (Å²) in [4.78, 5) is 11.6. The molecule has 1 unspecified atom stereocenters. The van der Waals surface area contributed by atoms with Gasteiger partial charge < -0.3 is 9.64 Å². The van der Waals surface area contributed by atoms with E-state index in [4.69, 9.17) is 4.74 Å². The van der Waals surface area contributed by atoms with Gasteiger partial charge in [0.05, 0.1) is 12.8 Å². The first-order chi connectivity index (χ1) is 13.1. The van der Waals surface area contributed by atoms with Crippen LogP contribution in [0.15, 0.2) is 24.4 Å². The molecule has 0 saturated carbocycles. The summed E-state index contributed by atoms with van der Waals surface area (Å²) in [6, 6.07) is 6.18. The third-order valence-corrected chi connectivity index (χ3v) is 5.46. The number of pyridine rings is 1. The number of aryl methyl sites for hydroxylation is 3. The fourth-order valence-electron chi connectivity index (χ4n) is 4.26. The molecule has 6 nitrogen and oxygen atoms in total. The molecule has 0 aliphatic carbocycles. The van der Waals surface area contributed by atoms with Crippen LogP contribution in [0.1, 0.15) is 30.1 Å². The van der Waals surface area contributed by atoms with Gasteiger partial charge in [-0.05, 0) is 51.2 Å². The lowest BCUT2D eigenvalue weighted by Gasteiger charge is -2.36. The highest BCUT2D eigenvalue weighted by Crippen LogP contribution is 2.35. The lowest BCUT2D eigenvalue weighted by atomic mass is 9.96. The first-order valence-electron chi connectivity index (χ1n) is 9.62. The lowest BCUT2D eigenvalue weighted by Crippen LogP contribution is -2.38. The Kier molecular flexibility index (Phi) is 4.72. The molecule has 3 heterocycles. The quantitative estimate of drug-likeness (QED) is 0.706. The van der Waals surface area contributed by atoms with Gasteiger partial charge in [-0.1, -0.05) is 12.1 Å². The largest absolute Gasteiger partial charge is 0.494 e. The molecule has 1 saturated heterocycles. The molecule has 2 aromatic heterocycles. The first-order valence-corrected chi connectivity index (χ1v) is 9.62. The van der Waals surface area contributed by atoms with Crippen LogP contribution >= 0.6 is 0 Å². The SMILES string of the molecule is COc1cccc2c(N3CCCC(Cn4nc(C)nc4C)C3)c(C)cnc12. The highest BCUT2D eigenvalue weighted by Gasteiger charge is 2.24. The highest BCUT2D eigenvalue weighted by molar-refractivity contribution is 5.96. The molecule has 1 aromatic carbocycles. The molecule has 1 fully saturated rings. The van der Waals surface area contributed by atoms with Crippen molar-refractivity contribution >= 4 is 16.6 Å². The molecule has 1 atom stereocenters. The number of fused-ring (bicyclic) bond motifs is 1. The number of ether oxygens (including phenoxy) is 1. The molecule has 0 bridgehead atoms. The van der Waals surface area contributed by atoms with E-state index in [1.165, 1.54) is 29.5 Å². The van der Waals surface area contributed by atoms with Gasteiger partial charge in [0, 0.05) is 31.2 Å². The second-order valence-corrected chi connectivity index (χ2v) is 7.49. The average molecular weight is 365 g/mol. The number of hydrogen-bond donors (Lipinski definition) is 0. The van der Waals surface area contributed by atoms with Crippen LogP contribution in [-0.2, 0) is 6.54 Å². The maximum atomic E-state index is 5.53. The predicted octanol–water partition coefficient (Wildman–Crippen LogP) is 3.68. The molecular weight excluding hydrogens is 338 g/mol. The Balaban J connectivity index is 1.65. The van der Waals surface area contributed by atoms with Crippen molar-refractivity contribution in [1.82, 2.24) is 19.7 Å². The van der Waals surface area contributed by atoms with Gasteiger partial charge in [0.15, 0.2) is 0 Å². The van der Waals surface area contributed by atoms with Crippen LogP contribution in [0.25, 0.3) is 10.9 Å². The number of hydrogen-bond acceptors (Lipinski definition) is 5. The predicted molar refractivity (Wildman–Crippen MR) is 107 cm³/mol. The minimum atomic E-state index is 0.562. The fraction of sp³-hybridized carbons (Fsp3) is 0.476. The van der Waals surface area contributed by atoms with E-state index in [0.29, 0.717) is 5.92 Å². The Labute approximate surface area is 160 Å². The summed E-state index contributed by atoms with van der Waals surface area (Å²) in [6.45, 7) is 9.16. The molecule has 4 rings (SSSR count). The minimum absolute atomic E-state index is 0.562. The van der Waals surface area contributed by atoms with Crippen molar-refractivity contribution in [3.8, 4) is 5.75 Å². The Morgan fingerprint density at radius 2 is 2.07 bits per heavy atom. The molecule has 142 valence electrons. The number of anilines is 1. The summed E-state index contributed by atoms with van der Waals surface area (Å²) < 4.78 is 7.59. The molecule has 0 spiro atoms. The Hall–Kier alpha value is -2.63. The third-order valence-electron chi connectivity index (χ3n) is 5.46. The summed E-state index contributed by atoms with van der Waals surface area (Å²) in [7, 11) is 1.70. The monoisotopic (exact) mass is 365 g/mol. The molecule has 0 radical (unpaired) electrons. The standard InChI is InChI=1S/C21H27N5O/c1-14-11-22-20-18(8-5-9-19(20)27-4)21(14)25-10-6-7-17(12-25)13-26-16(3)23-15(2)24-26/h5,8-9,11,17H,6-7,10,12-13H2,1-4H3. The topological polar surface area (TPSA) is 56.1 Å². The average Bonchev–Trinajstić information content (AvgIpc) is 2.98. The van der Waals surface area contributed by atoms with Gasteiger partial charge in [-0.2, -0.15) is 5.10 Å². The summed E-state index contributed by atoms with van der Waals surface area (Å²) >= 11 is 0. The molecule has 27 heavy (non-hydrogen) atoms. The summed E-state index contributed by atoms with van der Waals surface area (Å²) in [5.74, 6) is 3.24. The van der Waals surface area contributed by atoms with Crippen LogP contribution in [0.5, 0.6) is 5.75 Å². The van der Waals surface area contributed by atoms with E-state index in [1.807, 2.05) is 26.1 Å². The van der Waals surface area contributed by atoms with E-state index in [0.717, 1.165) is 42.5 Å². The zero-order valence-electron chi connectivity index (χ0n) is 16.6. The van der Waals surface area contributed by atoms with Crippen molar-refractivity contribution in [1.29, 1.82) is 0 Å². The Morgan fingerprint density at radius 3 is 2.81 bits per heavy atom. The van der Waals surface area contributed by atoms with Gasteiger partial charge in [-0.25, -0.2) is 9.67 Å². The second kappa shape index (κ2) is 7.18. The summed E-state index contributed by atoms with van der Waals surface area (Å²) in [5.41, 5.74) is 3.43. The van der Waals surface area contributed by atoms with E-state index in [9.17, 15) is 0 Å². The number of para-hydroxylation sites is 1. The van der Waals surface area contributed by atoms with Crippen molar-refractivity contribution in [2.75, 3.05) is 25.1 Å². The van der Waals surface area contributed by atoms with Crippen molar-refractivity contribution in [2.45, 2.75) is 40.2 Å². The lowest BCUT2D eigenvalue weighted by molar-refractivity contribution is 0.348. The van der Waals surface area contributed by atoms with E-state index in [1.54, 1.807) is 7.11 Å². The maximum Gasteiger partial charge on any atom is 0.147 e. The molecule has 1 aliphatic rings. The highest BCUT2D eigenvalue weighted by atomic mass is 16.5. The third kappa shape index (κ3) is 3.36. The molecular formula is C21H27N5O. The molecule has 1 aliphatic heterocycles. The number of nitrogens with zero attached hydrogens (tertiary/aromatic N) is 5. The van der Waals surface area contributed by atoms with Crippen molar-refractivity contribution in [2.24, 2.45) is 5.92 Å². The van der Waals surface area contributed by atoms with Gasteiger partial charge in [0.25, 0.3) is 0 Å². The summed E-state index contributed by atoms with van der Waals surface area (Å²) in [6.07, 6.45) is 4.37. The Morgan fingerprint density at radius 1 is 1.22 bits per heavy atom. The number of benzene rings is 1. The van der Waals surface area contributed by atoms with Gasteiger partial charge in [0.2, 0.25) is 0 Å². The van der Waals surface area contributed by atoms with E-state index in [-0.39, 0.29) is 0 Å². The van der Waals surface area contributed by atoms with Crippen LogP contribution < -0.4 is 9.64 Å². The van der Waals surface area contributed by atoms with Crippen LogP contribution in [0.2, 0.25) is 0 Å². The normalized spacial score (nSPS) is 17.5. The van der Waals surface area contributed by atoms with Crippen molar-refractivity contribution < 1.29 is 4.74 Å². The number of methoxy groups -OCH3 is 1.